The number of alkyl halides is 6. The molecule has 2 unspecified atom stereocenters. The molecule has 1 aliphatic carbocycles. The van der Waals surface area contributed by atoms with Gasteiger partial charge in [-0.05, 0) is 36.2 Å². The first-order valence-electron chi connectivity index (χ1n) is 7.87. The van der Waals surface area contributed by atoms with Crippen LogP contribution in [0.3, 0.4) is 0 Å². The molecule has 0 saturated carbocycles. The highest BCUT2D eigenvalue weighted by atomic mass is 19.4. The molecule has 0 bridgehead atoms. The maximum Gasteiger partial charge on any atom is 0.426 e. The summed E-state index contributed by atoms with van der Waals surface area (Å²) in [6.07, 6.45) is -7.02. The summed E-state index contributed by atoms with van der Waals surface area (Å²) in [5.74, 6) is -2.01. The fourth-order valence-corrected chi connectivity index (χ4v) is 3.07. The molecule has 0 aromatic rings. The smallest absolute Gasteiger partial charge is 0.373 e. The van der Waals surface area contributed by atoms with Crippen LogP contribution >= 0.6 is 0 Å². The van der Waals surface area contributed by atoms with Crippen molar-refractivity contribution >= 4 is 0 Å². The van der Waals surface area contributed by atoms with E-state index in [-0.39, 0.29) is 11.3 Å². The van der Waals surface area contributed by atoms with E-state index in [9.17, 15) is 31.4 Å². The van der Waals surface area contributed by atoms with E-state index in [0.717, 1.165) is 24.5 Å². The topological polar surface area (TPSA) is 20.2 Å². The van der Waals surface area contributed by atoms with Crippen molar-refractivity contribution in [1.29, 1.82) is 0 Å². The van der Waals surface area contributed by atoms with Gasteiger partial charge in [0.2, 0.25) is 0 Å². The Kier molecular flexibility index (Phi) is 5.91. The van der Waals surface area contributed by atoms with Crippen molar-refractivity contribution in [2.75, 3.05) is 0 Å². The van der Waals surface area contributed by atoms with Crippen molar-refractivity contribution in [2.45, 2.75) is 64.9 Å². The van der Waals surface area contributed by atoms with E-state index in [1.165, 1.54) is 12.2 Å². The number of aliphatic hydroxyl groups is 1. The van der Waals surface area contributed by atoms with E-state index < -0.39 is 30.3 Å². The fraction of sp³-hybridized carbons (Fsp3) is 0.765. The predicted molar refractivity (Wildman–Crippen MR) is 80.2 cm³/mol. The first-order valence-corrected chi connectivity index (χ1v) is 7.87. The molecule has 0 spiro atoms. The standard InChI is InChI=1S/C17H24F6O/c1-5-11(10-14(2,3)4)12-6-8-13(9-7-12)15(24,16(18,19)20)17(21,22)23/h6-8,11,13,24H,5,9-10H2,1-4H3. The van der Waals surface area contributed by atoms with Gasteiger partial charge in [-0.2, -0.15) is 26.3 Å². The second-order valence-corrected chi connectivity index (χ2v) is 7.54. The van der Waals surface area contributed by atoms with Crippen LogP contribution < -0.4 is 0 Å². The predicted octanol–water partition coefficient (Wildman–Crippen LogP) is 5.81. The molecule has 0 amide bonds. The average molecular weight is 358 g/mol. The molecule has 0 saturated heterocycles. The second-order valence-electron chi connectivity index (χ2n) is 7.54. The van der Waals surface area contributed by atoms with Crippen LogP contribution in [-0.2, 0) is 0 Å². The van der Waals surface area contributed by atoms with E-state index in [4.69, 9.17) is 0 Å². The average Bonchev–Trinajstić information content (AvgIpc) is 2.40. The van der Waals surface area contributed by atoms with Gasteiger partial charge >= 0.3 is 12.4 Å². The molecule has 0 heterocycles. The highest BCUT2D eigenvalue weighted by Crippen LogP contribution is 2.50. The van der Waals surface area contributed by atoms with Crippen LogP contribution in [0.1, 0.15) is 47.0 Å². The summed E-state index contributed by atoms with van der Waals surface area (Å²) in [5.41, 5.74) is -4.01. The highest BCUT2D eigenvalue weighted by molar-refractivity contribution is 5.29. The molecule has 2 atom stereocenters. The molecule has 1 rings (SSSR count). The molecule has 140 valence electrons. The van der Waals surface area contributed by atoms with Gasteiger partial charge in [0.25, 0.3) is 5.60 Å². The number of rotatable bonds is 4. The number of hydrogen-bond acceptors (Lipinski definition) is 1. The molecule has 24 heavy (non-hydrogen) atoms. The highest BCUT2D eigenvalue weighted by Gasteiger charge is 2.73. The molecule has 1 aliphatic rings. The number of halogens is 6. The monoisotopic (exact) mass is 358 g/mol. The molecule has 0 fully saturated rings. The van der Waals surface area contributed by atoms with Crippen LogP contribution in [0.15, 0.2) is 23.8 Å². The Hall–Kier alpha value is -0.980. The summed E-state index contributed by atoms with van der Waals surface area (Å²) in [4.78, 5) is 0. The Morgan fingerprint density at radius 3 is 1.88 bits per heavy atom. The summed E-state index contributed by atoms with van der Waals surface area (Å²) in [6.45, 7) is 8.01. The van der Waals surface area contributed by atoms with Gasteiger partial charge < -0.3 is 5.11 Å². The van der Waals surface area contributed by atoms with Gasteiger partial charge in [-0.3, -0.25) is 0 Å². The minimum absolute atomic E-state index is 0.00905. The molecule has 0 aromatic heterocycles. The zero-order valence-electron chi connectivity index (χ0n) is 14.2. The van der Waals surface area contributed by atoms with Crippen LogP contribution in [-0.4, -0.2) is 23.1 Å². The van der Waals surface area contributed by atoms with Crippen LogP contribution in [0.4, 0.5) is 26.3 Å². The lowest BCUT2D eigenvalue weighted by Gasteiger charge is -2.38. The van der Waals surface area contributed by atoms with E-state index >= 15 is 0 Å². The SMILES string of the molecule is CCC(CC(C)(C)C)C1=CCC(C(O)(C(F)(F)F)C(F)(F)F)C=C1. The van der Waals surface area contributed by atoms with Crippen molar-refractivity contribution in [2.24, 2.45) is 17.3 Å². The van der Waals surface area contributed by atoms with Crippen LogP contribution in [0.25, 0.3) is 0 Å². The van der Waals surface area contributed by atoms with E-state index in [1.54, 1.807) is 0 Å². The summed E-state index contributed by atoms with van der Waals surface area (Å²) < 4.78 is 77.4. The third-order valence-corrected chi connectivity index (χ3v) is 4.35. The van der Waals surface area contributed by atoms with E-state index in [0.29, 0.717) is 0 Å². The second kappa shape index (κ2) is 6.73. The number of allylic oxidation sites excluding steroid dienone is 3. The zero-order chi connectivity index (χ0) is 19.0. The van der Waals surface area contributed by atoms with Gasteiger partial charge in [-0.25, -0.2) is 0 Å². The van der Waals surface area contributed by atoms with Gasteiger partial charge in [-0.1, -0.05) is 45.9 Å². The van der Waals surface area contributed by atoms with Gasteiger partial charge in [-0.15, -0.1) is 0 Å². The number of hydrogen-bond donors (Lipinski definition) is 1. The van der Waals surface area contributed by atoms with Gasteiger partial charge in [0.1, 0.15) is 0 Å². The summed E-state index contributed by atoms with van der Waals surface area (Å²) in [5, 5.41) is 9.45. The molecular formula is C17H24F6O. The minimum atomic E-state index is -5.79. The van der Waals surface area contributed by atoms with Crippen LogP contribution in [0, 0.1) is 17.3 Å². The lowest BCUT2D eigenvalue weighted by molar-refractivity contribution is -0.380. The van der Waals surface area contributed by atoms with E-state index in [1.807, 2.05) is 27.7 Å². The van der Waals surface area contributed by atoms with Crippen molar-refractivity contribution < 1.29 is 31.4 Å². The van der Waals surface area contributed by atoms with Crippen molar-refractivity contribution in [3.8, 4) is 0 Å². The van der Waals surface area contributed by atoms with E-state index in [2.05, 4.69) is 0 Å². The van der Waals surface area contributed by atoms with Crippen molar-refractivity contribution in [3.63, 3.8) is 0 Å². The molecule has 0 aromatic carbocycles. The summed E-state index contributed by atoms with van der Waals surface area (Å²) >= 11 is 0. The summed E-state index contributed by atoms with van der Waals surface area (Å²) in [7, 11) is 0. The Labute approximate surface area is 138 Å². The minimum Gasteiger partial charge on any atom is -0.373 e. The quantitative estimate of drug-likeness (QED) is 0.629. The van der Waals surface area contributed by atoms with Crippen LogP contribution in [0.2, 0.25) is 0 Å². The molecule has 7 heteroatoms. The van der Waals surface area contributed by atoms with Gasteiger partial charge in [0, 0.05) is 5.92 Å². The third-order valence-electron chi connectivity index (χ3n) is 4.35. The maximum absolute atomic E-state index is 12.9. The lowest BCUT2D eigenvalue weighted by Crippen LogP contribution is -2.61. The van der Waals surface area contributed by atoms with Gasteiger partial charge in [0.15, 0.2) is 0 Å². The Morgan fingerprint density at radius 2 is 1.58 bits per heavy atom. The molecule has 0 aliphatic heterocycles. The zero-order valence-corrected chi connectivity index (χ0v) is 14.2. The van der Waals surface area contributed by atoms with Gasteiger partial charge in [0.05, 0.1) is 0 Å². The lowest BCUT2D eigenvalue weighted by atomic mass is 9.75. The molecule has 1 N–H and O–H groups in total. The third kappa shape index (κ3) is 4.35. The fourth-order valence-electron chi connectivity index (χ4n) is 3.07. The van der Waals surface area contributed by atoms with Crippen LogP contribution in [0.5, 0.6) is 0 Å². The first kappa shape index (κ1) is 21.1. The molecular weight excluding hydrogens is 334 g/mol. The first-order chi connectivity index (χ1) is 10.6. The Balaban J connectivity index is 3.04. The maximum atomic E-state index is 12.9. The largest absolute Gasteiger partial charge is 0.426 e. The van der Waals surface area contributed by atoms with Crippen molar-refractivity contribution in [1.82, 2.24) is 0 Å². The molecule has 0 radical (unpaired) electrons. The molecule has 1 nitrogen and oxygen atoms in total. The normalized spacial score (nSPS) is 21.6. The van der Waals surface area contributed by atoms with Crippen molar-refractivity contribution in [3.05, 3.63) is 23.8 Å². The Morgan fingerprint density at radius 1 is 1.08 bits per heavy atom. The summed E-state index contributed by atoms with van der Waals surface area (Å²) in [6, 6.07) is 0. The Bertz CT molecular complexity index is 479.